The van der Waals surface area contributed by atoms with E-state index in [2.05, 4.69) is 6.07 Å². The van der Waals surface area contributed by atoms with E-state index < -0.39 is 66.3 Å². The predicted molar refractivity (Wildman–Crippen MR) is 182 cm³/mol. The third-order valence-corrected chi connectivity index (χ3v) is 8.58. The van der Waals surface area contributed by atoms with Crippen LogP contribution in [0.15, 0.2) is 53.6 Å². The summed E-state index contributed by atoms with van der Waals surface area (Å²) in [4.78, 5) is 67.5. The zero-order chi connectivity index (χ0) is 38.1. The van der Waals surface area contributed by atoms with Crippen LogP contribution in [0.25, 0.3) is 22.4 Å². The molecule has 0 bridgehead atoms. The van der Waals surface area contributed by atoms with Gasteiger partial charge in [0, 0.05) is 38.8 Å². The van der Waals surface area contributed by atoms with Gasteiger partial charge in [0.15, 0.2) is 35.2 Å². The number of aromatic hydroxyl groups is 1. The van der Waals surface area contributed by atoms with Gasteiger partial charge in [0.25, 0.3) is 0 Å². The number of hydrogen-bond donors (Lipinski definition) is 1. The Hall–Kier alpha value is -5.66. The fourth-order valence-corrected chi connectivity index (χ4v) is 6.65. The molecule has 1 N–H and O–H groups in total. The number of ether oxygens (including phenoxy) is 7. The second-order valence-corrected chi connectivity index (χ2v) is 12.2. The molecule has 0 unspecified atom stereocenters. The van der Waals surface area contributed by atoms with E-state index in [1.165, 1.54) is 25.3 Å². The molecule has 1 fully saturated rings. The molecule has 0 amide bonds. The molecular weight excluding hydrogens is 700 g/mol. The van der Waals surface area contributed by atoms with E-state index in [4.69, 9.17) is 38.1 Å². The largest absolute Gasteiger partial charge is 0.504 e. The summed E-state index contributed by atoms with van der Waals surface area (Å²) in [6, 6.07) is 15.0. The van der Waals surface area contributed by atoms with Crippen LogP contribution in [0.3, 0.4) is 0 Å². The van der Waals surface area contributed by atoms with E-state index >= 15 is 0 Å². The third kappa shape index (κ3) is 9.16. The van der Waals surface area contributed by atoms with Crippen LogP contribution in [0.4, 0.5) is 0 Å². The highest BCUT2D eigenvalue weighted by atomic mass is 32.2. The first-order valence-electron chi connectivity index (χ1n) is 15.8. The van der Waals surface area contributed by atoms with E-state index in [-0.39, 0.29) is 51.1 Å². The van der Waals surface area contributed by atoms with Gasteiger partial charge >= 0.3 is 29.8 Å². The summed E-state index contributed by atoms with van der Waals surface area (Å²) in [5, 5.41) is 21.1. The smallest absolute Gasteiger partial charge is 0.341 e. The summed E-state index contributed by atoms with van der Waals surface area (Å²) in [7, 11) is 1.34. The molecule has 3 aromatic rings. The number of esters is 5. The van der Waals surface area contributed by atoms with Gasteiger partial charge in [-0.2, -0.15) is 5.26 Å². The van der Waals surface area contributed by atoms with E-state index in [1.54, 1.807) is 37.3 Å². The Kier molecular flexibility index (Phi) is 13.2. The SMILES string of the molecule is CCOC(=O)c1c(-c2ccccc2)nc(S[C@@H]2O[C@H](COC(C)=O)[C@@H](OC(C)=O)[C@H](OC(C)=O)[C@H]2OC(C)=O)c(C#N)c1-c1ccc(O)c(OC)c1. The maximum Gasteiger partial charge on any atom is 0.341 e. The summed E-state index contributed by atoms with van der Waals surface area (Å²) < 4.78 is 38.9. The topological polar surface area (TPSA) is 207 Å². The average Bonchev–Trinajstić information content (AvgIpc) is 3.09. The van der Waals surface area contributed by atoms with Crippen molar-refractivity contribution < 1.29 is 62.2 Å². The number of methoxy groups -OCH3 is 1. The number of aromatic nitrogens is 1. The number of carbonyl (C=O) groups is 5. The van der Waals surface area contributed by atoms with E-state index in [0.717, 1.165) is 39.5 Å². The molecule has 16 heteroatoms. The number of carbonyl (C=O) groups excluding carboxylic acids is 5. The van der Waals surface area contributed by atoms with E-state index in [0.29, 0.717) is 5.56 Å². The van der Waals surface area contributed by atoms with E-state index in [9.17, 15) is 34.3 Å². The van der Waals surface area contributed by atoms with Crippen LogP contribution in [0.1, 0.15) is 50.5 Å². The maximum atomic E-state index is 13.8. The number of thioether (sulfide) groups is 1. The summed E-state index contributed by atoms with van der Waals surface area (Å²) in [5.74, 6) is -4.07. The van der Waals surface area contributed by atoms with Crippen molar-refractivity contribution in [3.63, 3.8) is 0 Å². The van der Waals surface area contributed by atoms with E-state index in [1.807, 2.05) is 0 Å². The second-order valence-electron chi connectivity index (χ2n) is 11.2. The summed E-state index contributed by atoms with van der Waals surface area (Å²) in [6.45, 7) is 5.61. The van der Waals surface area contributed by atoms with Gasteiger partial charge < -0.3 is 38.3 Å². The Balaban J connectivity index is 2.04. The number of phenolic OH excluding ortho intramolecular Hbond substituents is 1. The van der Waals surface area contributed by atoms with Crippen LogP contribution in [0, 0.1) is 11.3 Å². The molecule has 0 aliphatic carbocycles. The number of nitrogens with zero attached hydrogens (tertiary/aromatic N) is 2. The van der Waals surface area contributed by atoms with Crippen LogP contribution < -0.4 is 4.74 Å². The Bertz CT molecular complexity index is 1880. The fraction of sp³-hybridized carbons (Fsp3) is 0.361. The van der Waals surface area contributed by atoms with Gasteiger partial charge in [0.2, 0.25) is 0 Å². The fourth-order valence-electron chi connectivity index (χ4n) is 5.48. The Morgan fingerprint density at radius 2 is 1.50 bits per heavy atom. The number of benzene rings is 2. The van der Waals surface area contributed by atoms with Gasteiger partial charge in [0.1, 0.15) is 23.8 Å². The molecule has 52 heavy (non-hydrogen) atoms. The quantitative estimate of drug-likeness (QED) is 0.202. The normalized spacial score (nSPS) is 19.4. The molecule has 2 heterocycles. The Labute approximate surface area is 303 Å². The summed E-state index contributed by atoms with van der Waals surface area (Å²) in [5.41, 5.74) is -0.645. The minimum atomic E-state index is -1.48. The number of hydrogen-bond acceptors (Lipinski definition) is 16. The molecule has 274 valence electrons. The molecule has 1 saturated heterocycles. The van der Waals surface area contributed by atoms with Gasteiger partial charge in [-0.3, -0.25) is 19.2 Å². The molecule has 0 radical (unpaired) electrons. The highest BCUT2D eigenvalue weighted by Crippen LogP contribution is 2.44. The van der Waals surface area contributed by atoms with Crippen molar-refractivity contribution in [2.45, 2.75) is 69.5 Å². The lowest BCUT2D eigenvalue weighted by Crippen LogP contribution is -2.61. The molecule has 0 saturated carbocycles. The zero-order valence-corrected chi connectivity index (χ0v) is 29.9. The maximum absolute atomic E-state index is 13.8. The second kappa shape index (κ2) is 17.5. The highest BCUT2D eigenvalue weighted by molar-refractivity contribution is 7.99. The number of pyridine rings is 1. The molecule has 1 aliphatic rings. The summed E-state index contributed by atoms with van der Waals surface area (Å²) in [6.07, 6.45) is -5.62. The van der Waals surface area contributed by atoms with Gasteiger partial charge in [0.05, 0.1) is 30.5 Å². The minimum Gasteiger partial charge on any atom is -0.504 e. The van der Waals surface area contributed by atoms with Crippen molar-refractivity contribution in [1.82, 2.24) is 4.98 Å². The first-order chi connectivity index (χ1) is 24.8. The zero-order valence-electron chi connectivity index (χ0n) is 29.1. The third-order valence-electron chi connectivity index (χ3n) is 7.45. The number of phenols is 1. The van der Waals surface area contributed by atoms with Crippen molar-refractivity contribution in [3.05, 3.63) is 59.7 Å². The Morgan fingerprint density at radius 3 is 2.08 bits per heavy atom. The number of rotatable bonds is 12. The molecule has 2 aromatic carbocycles. The molecular formula is C36H36N2O13S. The van der Waals surface area contributed by atoms with Crippen molar-refractivity contribution in [2.75, 3.05) is 20.3 Å². The van der Waals surface area contributed by atoms with Crippen molar-refractivity contribution in [3.8, 4) is 40.0 Å². The first kappa shape index (κ1) is 39.1. The molecule has 1 aliphatic heterocycles. The van der Waals surface area contributed by atoms with Gasteiger partial charge in [-0.25, -0.2) is 9.78 Å². The summed E-state index contributed by atoms with van der Waals surface area (Å²) >= 11 is 0.782. The van der Waals surface area contributed by atoms with Gasteiger partial charge in [-0.1, -0.05) is 48.2 Å². The monoisotopic (exact) mass is 736 g/mol. The van der Waals surface area contributed by atoms with Crippen LogP contribution in [0.5, 0.6) is 11.5 Å². The molecule has 4 rings (SSSR count). The van der Waals surface area contributed by atoms with Gasteiger partial charge in [-0.15, -0.1) is 0 Å². The van der Waals surface area contributed by atoms with Crippen molar-refractivity contribution >= 4 is 41.6 Å². The average molecular weight is 737 g/mol. The standard InChI is InChI=1S/C36H36N2O13S/c1-7-46-35(44)29-28(23-13-14-25(43)26(15-23)45-6)24(16-37)34(38-30(29)22-11-9-8-10-12-22)52-36-33(50-21(5)42)32(49-20(4)41)31(48-19(3)40)27(51-36)17-47-18(2)39/h8-15,27,31-33,36,43H,7,17H2,1-6H3/t27-,31-,32+,33-,36+/m1/s1. The lowest BCUT2D eigenvalue weighted by atomic mass is 9.92. The molecule has 5 atom stereocenters. The minimum absolute atomic E-state index is 0.00543. The van der Waals surface area contributed by atoms with Crippen LogP contribution in [-0.2, 0) is 47.6 Å². The lowest BCUT2D eigenvalue weighted by molar-refractivity contribution is -0.237. The Morgan fingerprint density at radius 1 is 0.865 bits per heavy atom. The van der Waals surface area contributed by atoms with Crippen LogP contribution >= 0.6 is 11.8 Å². The van der Waals surface area contributed by atoms with Crippen molar-refractivity contribution in [2.24, 2.45) is 0 Å². The highest BCUT2D eigenvalue weighted by Gasteiger charge is 2.53. The van der Waals surface area contributed by atoms with Crippen LogP contribution in [0.2, 0.25) is 0 Å². The molecule has 0 spiro atoms. The molecule has 15 nitrogen and oxygen atoms in total. The van der Waals surface area contributed by atoms with Crippen LogP contribution in [-0.4, -0.2) is 90.1 Å². The molecule has 1 aromatic heterocycles. The predicted octanol–water partition coefficient (Wildman–Crippen LogP) is 4.35. The van der Waals surface area contributed by atoms with Gasteiger partial charge in [-0.05, 0) is 24.6 Å². The number of nitriles is 1. The lowest BCUT2D eigenvalue weighted by Gasteiger charge is -2.44. The first-order valence-corrected chi connectivity index (χ1v) is 16.7. The van der Waals surface area contributed by atoms with Crippen molar-refractivity contribution in [1.29, 1.82) is 5.26 Å².